The highest BCUT2D eigenvalue weighted by Crippen LogP contribution is 2.37. The van der Waals surface area contributed by atoms with Crippen molar-refractivity contribution in [2.75, 3.05) is 0 Å². The van der Waals surface area contributed by atoms with Crippen molar-refractivity contribution in [2.24, 2.45) is 0 Å². The van der Waals surface area contributed by atoms with Gasteiger partial charge in [-0.05, 0) is 93.4 Å². The van der Waals surface area contributed by atoms with Gasteiger partial charge in [0.05, 0.1) is 12.5 Å². The molecule has 4 aromatic carbocycles. The van der Waals surface area contributed by atoms with E-state index in [-0.39, 0.29) is 0 Å². The topological polar surface area (TPSA) is 26.3 Å². The van der Waals surface area contributed by atoms with Gasteiger partial charge in [-0.2, -0.15) is 0 Å². The number of unbranched alkanes of at least 4 members (excludes halogenated alkanes) is 18. The van der Waals surface area contributed by atoms with Crippen LogP contribution in [0.1, 0.15) is 153 Å². The van der Waals surface area contributed by atoms with E-state index < -0.39 is 0 Å². The molecule has 0 aliphatic rings. The Kier molecular flexibility index (Phi) is 12.9. The summed E-state index contributed by atoms with van der Waals surface area (Å²) in [5, 5.41) is 10.2. The van der Waals surface area contributed by atoms with E-state index in [0.29, 0.717) is 0 Å². The second-order valence-electron chi connectivity index (χ2n) is 14.8. The third-order valence-corrected chi connectivity index (χ3v) is 11.0. The number of hydrogen-bond donors (Lipinski definition) is 0. The van der Waals surface area contributed by atoms with Crippen LogP contribution in [0, 0.1) is 0 Å². The summed E-state index contributed by atoms with van der Waals surface area (Å²) in [5.74, 6) is 0. The molecule has 0 unspecified atom stereocenters. The maximum Gasteiger partial charge on any atom is 0.134 e. The molecule has 0 aliphatic carbocycles. The first-order chi connectivity index (χ1) is 23.8. The average molecular weight is 645 g/mol. The molecule has 0 saturated heterocycles. The molecule has 2 heteroatoms. The monoisotopic (exact) mass is 644 g/mol. The summed E-state index contributed by atoms with van der Waals surface area (Å²) < 4.78 is 12.3. The summed E-state index contributed by atoms with van der Waals surface area (Å²) in [4.78, 5) is 0. The van der Waals surface area contributed by atoms with Crippen LogP contribution in [0.15, 0.2) is 69.9 Å². The number of aryl methyl sites for hydroxylation is 2. The summed E-state index contributed by atoms with van der Waals surface area (Å²) in [6.45, 7) is 4.58. The van der Waals surface area contributed by atoms with Crippen molar-refractivity contribution in [3.05, 3.63) is 72.2 Å². The molecule has 2 heterocycles. The minimum Gasteiger partial charge on any atom is -0.464 e. The number of fused-ring (bicyclic) bond motifs is 7. The third-order valence-electron chi connectivity index (χ3n) is 11.0. The Morgan fingerprint density at radius 3 is 1.08 bits per heavy atom. The van der Waals surface area contributed by atoms with Gasteiger partial charge in [0.1, 0.15) is 11.2 Å². The quantitative estimate of drug-likeness (QED) is 0.0543. The van der Waals surface area contributed by atoms with E-state index in [1.807, 2.05) is 12.5 Å². The smallest absolute Gasteiger partial charge is 0.134 e. The van der Waals surface area contributed by atoms with Gasteiger partial charge in [0, 0.05) is 10.8 Å². The normalized spacial score (nSPS) is 12.1. The van der Waals surface area contributed by atoms with Crippen LogP contribution >= 0.6 is 0 Å². The largest absolute Gasteiger partial charge is 0.464 e. The zero-order valence-electron chi connectivity index (χ0n) is 30.1. The van der Waals surface area contributed by atoms with E-state index >= 15 is 0 Å². The second kappa shape index (κ2) is 17.9. The molecule has 6 rings (SSSR count). The third kappa shape index (κ3) is 8.66. The minimum atomic E-state index is 1.01. The molecule has 0 spiro atoms. The van der Waals surface area contributed by atoms with E-state index in [1.165, 1.54) is 183 Å². The molecule has 0 saturated carbocycles. The Bertz CT molecular complexity index is 1730. The van der Waals surface area contributed by atoms with Gasteiger partial charge in [-0.15, -0.1) is 0 Å². The second-order valence-corrected chi connectivity index (χ2v) is 14.8. The number of rotatable bonds is 22. The average Bonchev–Trinajstić information content (AvgIpc) is 3.70. The van der Waals surface area contributed by atoms with Gasteiger partial charge in [-0.1, -0.05) is 154 Å². The lowest BCUT2D eigenvalue weighted by Gasteiger charge is -2.09. The van der Waals surface area contributed by atoms with Crippen LogP contribution in [0.25, 0.3) is 54.3 Å². The van der Waals surface area contributed by atoms with Crippen LogP contribution in [0.3, 0.4) is 0 Å². The number of hydrogen-bond acceptors (Lipinski definition) is 2. The van der Waals surface area contributed by atoms with Gasteiger partial charge in [-0.25, -0.2) is 0 Å². The molecular formula is C46H60O2. The summed E-state index contributed by atoms with van der Waals surface area (Å²) in [6, 6.07) is 18.5. The molecule has 0 aliphatic heterocycles. The first kappa shape index (κ1) is 34.6. The van der Waals surface area contributed by atoms with Crippen molar-refractivity contribution in [3.63, 3.8) is 0 Å². The van der Waals surface area contributed by atoms with Crippen LogP contribution in [0.4, 0.5) is 0 Å². The predicted octanol–water partition coefficient (Wildman–Crippen LogP) is 15.6. The van der Waals surface area contributed by atoms with Crippen molar-refractivity contribution in [1.29, 1.82) is 0 Å². The lowest BCUT2D eigenvalue weighted by molar-refractivity contribution is 0.555. The van der Waals surface area contributed by atoms with Gasteiger partial charge in [-0.3, -0.25) is 0 Å². The summed E-state index contributed by atoms with van der Waals surface area (Å²) in [5.41, 5.74) is 4.74. The molecule has 0 amide bonds. The number of furan rings is 2. The first-order valence-electron chi connectivity index (χ1n) is 20.0. The van der Waals surface area contributed by atoms with Gasteiger partial charge in [0.2, 0.25) is 0 Å². The van der Waals surface area contributed by atoms with Crippen molar-refractivity contribution in [3.8, 4) is 0 Å². The Balaban J connectivity index is 1.07. The minimum absolute atomic E-state index is 1.01. The van der Waals surface area contributed by atoms with Gasteiger partial charge >= 0.3 is 0 Å². The lowest BCUT2D eigenvalue weighted by atomic mass is 9.94. The summed E-state index contributed by atoms with van der Waals surface area (Å²) in [6.07, 6.45) is 33.6. The summed E-state index contributed by atoms with van der Waals surface area (Å²) in [7, 11) is 0. The van der Waals surface area contributed by atoms with Gasteiger partial charge in [0.15, 0.2) is 0 Å². The van der Waals surface area contributed by atoms with E-state index in [0.717, 1.165) is 24.0 Å². The zero-order chi connectivity index (χ0) is 33.0. The fourth-order valence-corrected chi connectivity index (χ4v) is 8.02. The van der Waals surface area contributed by atoms with E-state index in [1.54, 1.807) is 0 Å². The highest BCUT2D eigenvalue weighted by Gasteiger charge is 2.13. The van der Waals surface area contributed by atoms with Crippen molar-refractivity contribution >= 4 is 54.3 Å². The number of benzene rings is 4. The van der Waals surface area contributed by atoms with Gasteiger partial charge in [0.25, 0.3) is 0 Å². The molecule has 0 fully saturated rings. The molecule has 6 aromatic rings. The molecule has 256 valence electrons. The fraction of sp³-hybridized carbons (Fsp3) is 0.522. The predicted molar refractivity (Wildman–Crippen MR) is 210 cm³/mol. The SMILES string of the molecule is CCCCCCCCCCCCc1coc2cc3c(ccc4c5cc6occ(CCCCCCCCCCCC)c6cc5ccc34)cc12. The molecule has 2 aromatic heterocycles. The molecular weight excluding hydrogens is 585 g/mol. The molecule has 48 heavy (non-hydrogen) atoms. The van der Waals surface area contributed by atoms with Crippen LogP contribution in [0.2, 0.25) is 0 Å². The van der Waals surface area contributed by atoms with E-state index in [9.17, 15) is 0 Å². The van der Waals surface area contributed by atoms with Crippen LogP contribution in [0.5, 0.6) is 0 Å². The van der Waals surface area contributed by atoms with E-state index in [4.69, 9.17) is 8.83 Å². The molecule has 0 atom stereocenters. The van der Waals surface area contributed by atoms with Crippen LogP contribution in [-0.4, -0.2) is 0 Å². The lowest BCUT2D eigenvalue weighted by Crippen LogP contribution is -1.87. The van der Waals surface area contributed by atoms with Gasteiger partial charge < -0.3 is 8.83 Å². The molecule has 0 N–H and O–H groups in total. The Hall–Kier alpha value is -3.26. The first-order valence-corrected chi connectivity index (χ1v) is 20.0. The van der Waals surface area contributed by atoms with Crippen LogP contribution < -0.4 is 0 Å². The van der Waals surface area contributed by atoms with Crippen LogP contribution in [-0.2, 0) is 12.8 Å². The highest BCUT2D eigenvalue weighted by atomic mass is 16.3. The highest BCUT2D eigenvalue weighted by molar-refractivity contribution is 6.20. The maximum absolute atomic E-state index is 6.16. The van der Waals surface area contributed by atoms with Crippen molar-refractivity contribution in [1.82, 2.24) is 0 Å². The fourth-order valence-electron chi connectivity index (χ4n) is 8.02. The zero-order valence-corrected chi connectivity index (χ0v) is 30.1. The Morgan fingerprint density at radius 1 is 0.354 bits per heavy atom. The molecule has 0 bridgehead atoms. The van der Waals surface area contributed by atoms with Crippen molar-refractivity contribution < 1.29 is 8.83 Å². The Labute approximate surface area is 289 Å². The summed E-state index contributed by atoms with van der Waals surface area (Å²) >= 11 is 0. The molecule has 0 radical (unpaired) electrons. The maximum atomic E-state index is 6.16. The molecule has 2 nitrogen and oxygen atoms in total. The van der Waals surface area contributed by atoms with E-state index in [2.05, 4.69) is 62.4 Å². The van der Waals surface area contributed by atoms with Crippen molar-refractivity contribution in [2.45, 2.75) is 155 Å². The standard InChI is InChI=1S/C46H60O2/c1-3-5-7-9-11-13-15-17-19-21-23-37-33-47-45-31-41-35(29-43(37)45)25-27-40-39(41)28-26-36-30-44-38(34-48-46(44)32-42(36)40)24-22-20-18-16-14-12-10-8-6-4-2/h25-34H,3-24H2,1-2H3. The Morgan fingerprint density at radius 2 is 0.708 bits per heavy atom.